The van der Waals surface area contributed by atoms with Crippen LogP contribution in [-0.4, -0.2) is 16.2 Å². The number of benzene rings is 1. The molecule has 0 radical (unpaired) electrons. The van der Waals surface area contributed by atoms with E-state index in [1.54, 1.807) is 13.8 Å². The molecule has 4 nitrogen and oxygen atoms in total. The van der Waals surface area contributed by atoms with E-state index in [1.165, 1.54) is 0 Å². The summed E-state index contributed by atoms with van der Waals surface area (Å²) in [4.78, 5) is 4.59. The summed E-state index contributed by atoms with van der Waals surface area (Å²) in [5.74, 6) is 2.17. The lowest BCUT2D eigenvalue weighted by Crippen LogP contribution is -2.16. The Balaban J connectivity index is 2.42. The van der Waals surface area contributed by atoms with E-state index in [-0.39, 0.29) is 6.10 Å². The highest BCUT2D eigenvalue weighted by molar-refractivity contribution is 5.49. The van der Waals surface area contributed by atoms with Crippen molar-refractivity contribution in [3.63, 3.8) is 0 Å². The van der Waals surface area contributed by atoms with Crippen molar-refractivity contribution in [3.05, 3.63) is 46.1 Å². The summed E-state index contributed by atoms with van der Waals surface area (Å²) in [5.41, 5.74) is 3.69. The standard InChI is InChI=1S/C23H33NO3/c1-9-19(10-2)26-20-13-16(5)24-22(17(20)6)27-21-14(3)11-18(12-15(21)4)23(7,8)25/h11-13,19,25H,9-10H2,1-8H3. The van der Waals surface area contributed by atoms with Gasteiger partial charge in [-0.3, -0.25) is 0 Å². The minimum atomic E-state index is -0.887. The van der Waals surface area contributed by atoms with Crippen molar-refractivity contribution in [1.82, 2.24) is 4.98 Å². The molecule has 0 aliphatic rings. The summed E-state index contributed by atoms with van der Waals surface area (Å²) in [7, 11) is 0. The number of hydrogen-bond donors (Lipinski definition) is 1. The lowest BCUT2D eigenvalue weighted by molar-refractivity contribution is 0.0784. The third-order valence-corrected chi connectivity index (χ3v) is 4.88. The molecule has 0 aliphatic heterocycles. The van der Waals surface area contributed by atoms with Crippen LogP contribution in [0.3, 0.4) is 0 Å². The number of ether oxygens (including phenoxy) is 2. The van der Waals surface area contributed by atoms with E-state index in [2.05, 4.69) is 18.8 Å². The first-order valence-electron chi connectivity index (χ1n) is 9.73. The minimum absolute atomic E-state index is 0.188. The predicted octanol–water partition coefficient (Wildman–Crippen LogP) is 5.90. The maximum absolute atomic E-state index is 10.3. The van der Waals surface area contributed by atoms with Crippen molar-refractivity contribution in [1.29, 1.82) is 0 Å². The number of nitrogens with zero attached hydrogens (tertiary/aromatic N) is 1. The average molecular weight is 372 g/mol. The zero-order valence-electron chi connectivity index (χ0n) is 17.9. The summed E-state index contributed by atoms with van der Waals surface area (Å²) >= 11 is 0. The summed E-state index contributed by atoms with van der Waals surface area (Å²) in [6.07, 6.45) is 2.11. The second kappa shape index (κ2) is 8.30. The van der Waals surface area contributed by atoms with Crippen LogP contribution in [0.2, 0.25) is 0 Å². The van der Waals surface area contributed by atoms with E-state index in [1.807, 2.05) is 45.9 Å². The molecule has 27 heavy (non-hydrogen) atoms. The Morgan fingerprint density at radius 3 is 2.04 bits per heavy atom. The summed E-state index contributed by atoms with van der Waals surface area (Å²) in [6.45, 7) is 15.7. The average Bonchev–Trinajstić information content (AvgIpc) is 2.58. The van der Waals surface area contributed by atoms with Crippen LogP contribution in [0.1, 0.15) is 68.5 Å². The Labute approximate surface area is 163 Å². The molecule has 1 heterocycles. The van der Waals surface area contributed by atoms with Gasteiger partial charge in [0.2, 0.25) is 5.88 Å². The third kappa shape index (κ3) is 5.01. The normalized spacial score (nSPS) is 11.8. The number of aryl methyl sites for hydroxylation is 3. The van der Waals surface area contributed by atoms with Crippen LogP contribution in [0.5, 0.6) is 17.4 Å². The topological polar surface area (TPSA) is 51.6 Å². The lowest BCUT2D eigenvalue weighted by atomic mass is 9.94. The van der Waals surface area contributed by atoms with E-state index >= 15 is 0 Å². The number of pyridine rings is 1. The molecular formula is C23H33NO3. The monoisotopic (exact) mass is 371 g/mol. The van der Waals surface area contributed by atoms with Crippen molar-refractivity contribution in [2.75, 3.05) is 0 Å². The van der Waals surface area contributed by atoms with Gasteiger partial charge in [-0.2, -0.15) is 0 Å². The van der Waals surface area contributed by atoms with Gasteiger partial charge in [0.25, 0.3) is 0 Å². The Morgan fingerprint density at radius 2 is 1.56 bits per heavy atom. The van der Waals surface area contributed by atoms with Crippen molar-refractivity contribution in [3.8, 4) is 17.4 Å². The minimum Gasteiger partial charge on any atom is -0.490 e. The fourth-order valence-electron chi connectivity index (χ4n) is 3.10. The highest BCUT2D eigenvalue weighted by atomic mass is 16.5. The molecular weight excluding hydrogens is 338 g/mol. The highest BCUT2D eigenvalue weighted by Crippen LogP contribution is 2.36. The van der Waals surface area contributed by atoms with Gasteiger partial charge >= 0.3 is 0 Å². The molecule has 0 atom stereocenters. The smallest absolute Gasteiger partial charge is 0.226 e. The van der Waals surface area contributed by atoms with Crippen molar-refractivity contribution in [2.45, 2.75) is 79.9 Å². The molecule has 2 aromatic rings. The molecule has 0 unspecified atom stereocenters. The second-order valence-electron chi connectivity index (χ2n) is 7.85. The molecule has 1 N–H and O–H groups in total. The van der Waals surface area contributed by atoms with Crippen LogP contribution < -0.4 is 9.47 Å². The van der Waals surface area contributed by atoms with Gasteiger partial charge in [0.1, 0.15) is 11.5 Å². The summed E-state index contributed by atoms with van der Waals surface area (Å²) < 4.78 is 12.4. The van der Waals surface area contributed by atoms with Gasteiger partial charge in [-0.05, 0) is 83.2 Å². The molecule has 1 aromatic heterocycles. The molecule has 0 fully saturated rings. The van der Waals surface area contributed by atoms with Crippen LogP contribution in [-0.2, 0) is 5.60 Å². The Morgan fingerprint density at radius 1 is 1.00 bits per heavy atom. The first kappa shape index (κ1) is 21.2. The highest BCUT2D eigenvalue weighted by Gasteiger charge is 2.20. The Bertz CT molecular complexity index is 779. The molecule has 0 aliphatic carbocycles. The van der Waals surface area contributed by atoms with Gasteiger partial charge in [-0.15, -0.1) is 0 Å². The van der Waals surface area contributed by atoms with Gasteiger partial charge < -0.3 is 14.6 Å². The van der Waals surface area contributed by atoms with Crippen molar-refractivity contribution in [2.24, 2.45) is 0 Å². The predicted molar refractivity (Wildman–Crippen MR) is 110 cm³/mol. The molecule has 0 saturated carbocycles. The fraction of sp³-hybridized carbons (Fsp3) is 0.522. The van der Waals surface area contributed by atoms with E-state index < -0.39 is 5.60 Å². The number of hydrogen-bond acceptors (Lipinski definition) is 4. The van der Waals surface area contributed by atoms with Crippen molar-refractivity contribution < 1.29 is 14.6 Å². The van der Waals surface area contributed by atoms with Gasteiger partial charge in [0.05, 0.1) is 17.3 Å². The van der Waals surface area contributed by atoms with Crippen LogP contribution in [0.25, 0.3) is 0 Å². The van der Waals surface area contributed by atoms with E-state index in [0.29, 0.717) is 5.88 Å². The van der Waals surface area contributed by atoms with Crippen LogP contribution in [0.15, 0.2) is 18.2 Å². The molecule has 0 saturated heterocycles. The molecule has 2 rings (SSSR count). The molecule has 4 heteroatoms. The van der Waals surface area contributed by atoms with E-state index in [4.69, 9.17) is 9.47 Å². The molecule has 1 aromatic carbocycles. The van der Waals surface area contributed by atoms with Gasteiger partial charge in [0.15, 0.2) is 0 Å². The van der Waals surface area contributed by atoms with E-state index in [9.17, 15) is 5.11 Å². The largest absolute Gasteiger partial charge is 0.490 e. The third-order valence-electron chi connectivity index (χ3n) is 4.88. The number of aromatic nitrogens is 1. The maximum atomic E-state index is 10.3. The number of rotatable bonds is 7. The Kier molecular flexibility index (Phi) is 6.53. The van der Waals surface area contributed by atoms with Crippen molar-refractivity contribution >= 4 is 0 Å². The first-order valence-corrected chi connectivity index (χ1v) is 9.73. The van der Waals surface area contributed by atoms with Crippen LogP contribution in [0.4, 0.5) is 0 Å². The molecule has 0 amide bonds. The quantitative estimate of drug-likeness (QED) is 0.658. The zero-order valence-corrected chi connectivity index (χ0v) is 17.9. The first-order chi connectivity index (χ1) is 12.6. The van der Waals surface area contributed by atoms with Gasteiger partial charge in [-0.1, -0.05) is 13.8 Å². The summed E-state index contributed by atoms with van der Waals surface area (Å²) in [6, 6.07) is 5.90. The van der Waals surface area contributed by atoms with Gasteiger partial charge in [0, 0.05) is 11.8 Å². The lowest BCUT2D eigenvalue weighted by Gasteiger charge is -2.22. The van der Waals surface area contributed by atoms with E-state index in [0.717, 1.165) is 52.3 Å². The second-order valence-corrected chi connectivity index (χ2v) is 7.85. The number of aliphatic hydroxyl groups is 1. The fourth-order valence-corrected chi connectivity index (χ4v) is 3.10. The molecule has 148 valence electrons. The van der Waals surface area contributed by atoms with Crippen LogP contribution >= 0.6 is 0 Å². The molecule has 0 bridgehead atoms. The molecule has 0 spiro atoms. The maximum Gasteiger partial charge on any atom is 0.226 e. The van der Waals surface area contributed by atoms with Crippen LogP contribution in [0, 0.1) is 27.7 Å². The van der Waals surface area contributed by atoms with Gasteiger partial charge in [-0.25, -0.2) is 4.98 Å². The Hall–Kier alpha value is -2.07. The SMILES string of the molecule is CCC(CC)Oc1cc(C)nc(Oc2c(C)cc(C(C)(C)O)cc2C)c1C. The zero-order chi connectivity index (χ0) is 20.4. The summed E-state index contributed by atoms with van der Waals surface area (Å²) in [5, 5.41) is 10.3.